The lowest BCUT2D eigenvalue weighted by Gasteiger charge is -2.15. The Morgan fingerprint density at radius 1 is 1.08 bits per heavy atom. The molecule has 0 radical (unpaired) electrons. The van der Waals surface area contributed by atoms with Gasteiger partial charge in [0, 0.05) is 19.7 Å². The molecule has 0 saturated heterocycles. The average Bonchev–Trinajstić information content (AvgIpc) is 3.03. The monoisotopic (exact) mass is 335 g/mol. The van der Waals surface area contributed by atoms with Crippen molar-refractivity contribution in [1.29, 1.82) is 0 Å². The summed E-state index contributed by atoms with van der Waals surface area (Å²) >= 11 is 0. The first-order valence-electron chi connectivity index (χ1n) is 8.18. The molecule has 0 N–H and O–H groups in total. The molecule has 0 bridgehead atoms. The van der Waals surface area contributed by atoms with Crippen LogP contribution >= 0.6 is 0 Å². The summed E-state index contributed by atoms with van der Waals surface area (Å²) < 4.78 is 1.61. The van der Waals surface area contributed by atoms with Crippen LogP contribution in [-0.4, -0.2) is 32.9 Å². The maximum Gasteiger partial charge on any atom is 0.277 e. The third-order valence-corrected chi connectivity index (χ3v) is 4.08. The van der Waals surface area contributed by atoms with Gasteiger partial charge < -0.3 is 0 Å². The summed E-state index contributed by atoms with van der Waals surface area (Å²) in [7, 11) is 3.47. The van der Waals surface area contributed by atoms with Crippen molar-refractivity contribution in [3.05, 3.63) is 59.9 Å². The van der Waals surface area contributed by atoms with Crippen LogP contribution in [0.25, 0.3) is 11.3 Å². The summed E-state index contributed by atoms with van der Waals surface area (Å²) in [6, 6.07) is 15.3. The number of carbonyl (C=O) groups excluding carboxylic acids is 1. The minimum atomic E-state index is -0.163. The van der Waals surface area contributed by atoms with E-state index in [0.717, 1.165) is 17.0 Å². The first-order valence-corrected chi connectivity index (χ1v) is 8.18. The Labute approximate surface area is 147 Å². The molecular weight excluding hydrogens is 314 g/mol. The molecule has 0 spiro atoms. The molecule has 3 aromatic rings. The van der Waals surface area contributed by atoms with E-state index in [2.05, 4.69) is 15.3 Å². The van der Waals surface area contributed by atoms with E-state index in [1.54, 1.807) is 24.8 Å². The van der Waals surface area contributed by atoms with Gasteiger partial charge in [0.15, 0.2) is 5.82 Å². The van der Waals surface area contributed by atoms with Crippen LogP contribution in [0.5, 0.6) is 0 Å². The molecule has 0 aliphatic heterocycles. The summed E-state index contributed by atoms with van der Waals surface area (Å²) in [4.78, 5) is 14.2. The van der Waals surface area contributed by atoms with Gasteiger partial charge in [-0.05, 0) is 24.1 Å². The summed E-state index contributed by atoms with van der Waals surface area (Å²) in [6.45, 7) is 4.10. The lowest BCUT2D eigenvalue weighted by atomic mass is 10.1. The zero-order valence-electron chi connectivity index (χ0n) is 14.8. The van der Waals surface area contributed by atoms with Crippen molar-refractivity contribution in [2.24, 2.45) is 7.05 Å². The maximum absolute atomic E-state index is 12.8. The number of carbonyl (C=O) groups is 1. The molecule has 6 heteroatoms. The van der Waals surface area contributed by atoms with E-state index in [1.807, 2.05) is 56.3 Å². The molecule has 3 rings (SSSR count). The van der Waals surface area contributed by atoms with Gasteiger partial charge in [-0.3, -0.25) is 14.4 Å². The number of aromatic nitrogens is 4. The predicted molar refractivity (Wildman–Crippen MR) is 97.5 cm³/mol. The highest BCUT2D eigenvalue weighted by Gasteiger charge is 2.20. The highest BCUT2D eigenvalue weighted by atomic mass is 16.2. The molecule has 1 aromatic carbocycles. The van der Waals surface area contributed by atoms with Gasteiger partial charge in [0.1, 0.15) is 5.69 Å². The summed E-state index contributed by atoms with van der Waals surface area (Å²) in [5.74, 6) is 0.601. The number of nitrogens with zero attached hydrogens (tertiary/aromatic N) is 5. The number of rotatable bonds is 4. The summed E-state index contributed by atoms with van der Waals surface area (Å²) in [5.41, 5.74) is 3.18. The highest BCUT2D eigenvalue weighted by molar-refractivity contribution is 6.04. The minimum Gasteiger partial charge on any atom is -0.293 e. The number of hydrogen-bond donors (Lipinski definition) is 0. The number of hydrogen-bond acceptors (Lipinski definition) is 4. The SMILES string of the molecule is CC(C)c1cc(C(=O)N(C)c2ccc(-c3ccccc3)nn2)n(C)n1. The Kier molecular flexibility index (Phi) is 4.61. The van der Waals surface area contributed by atoms with Crippen molar-refractivity contribution in [1.82, 2.24) is 20.0 Å². The van der Waals surface area contributed by atoms with Gasteiger partial charge in [0.2, 0.25) is 0 Å². The van der Waals surface area contributed by atoms with Crippen molar-refractivity contribution in [3.63, 3.8) is 0 Å². The van der Waals surface area contributed by atoms with E-state index in [4.69, 9.17) is 0 Å². The molecule has 128 valence electrons. The van der Waals surface area contributed by atoms with E-state index in [1.165, 1.54) is 4.90 Å². The molecule has 2 aromatic heterocycles. The zero-order valence-corrected chi connectivity index (χ0v) is 14.8. The van der Waals surface area contributed by atoms with Gasteiger partial charge in [0.05, 0.1) is 11.4 Å². The Morgan fingerprint density at radius 3 is 2.36 bits per heavy atom. The lowest BCUT2D eigenvalue weighted by Crippen LogP contribution is -2.29. The minimum absolute atomic E-state index is 0.163. The topological polar surface area (TPSA) is 63.9 Å². The predicted octanol–water partition coefficient (Wildman–Crippen LogP) is 3.28. The summed E-state index contributed by atoms with van der Waals surface area (Å²) in [6.07, 6.45) is 0. The van der Waals surface area contributed by atoms with E-state index in [0.29, 0.717) is 11.5 Å². The molecule has 0 unspecified atom stereocenters. The Morgan fingerprint density at radius 2 is 1.80 bits per heavy atom. The molecule has 25 heavy (non-hydrogen) atoms. The second-order valence-electron chi connectivity index (χ2n) is 6.24. The number of aryl methyl sites for hydroxylation is 1. The van der Waals surface area contributed by atoms with Crippen LogP contribution in [0, 0.1) is 0 Å². The van der Waals surface area contributed by atoms with Crippen molar-refractivity contribution >= 4 is 11.7 Å². The molecular formula is C19H21N5O. The first kappa shape index (κ1) is 16.8. The van der Waals surface area contributed by atoms with Crippen LogP contribution in [0.15, 0.2) is 48.5 Å². The third kappa shape index (κ3) is 3.42. The van der Waals surface area contributed by atoms with Crippen molar-refractivity contribution < 1.29 is 4.79 Å². The fourth-order valence-corrected chi connectivity index (χ4v) is 2.51. The normalized spacial score (nSPS) is 10.9. The van der Waals surface area contributed by atoms with Crippen molar-refractivity contribution in [3.8, 4) is 11.3 Å². The van der Waals surface area contributed by atoms with E-state index >= 15 is 0 Å². The fourth-order valence-electron chi connectivity index (χ4n) is 2.51. The van der Waals surface area contributed by atoms with E-state index in [9.17, 15) is 4.79 Å². The average molecular weight is 335 g/mol. The molecule has 0 aliphatic carbocycles. The third-order valence-electron chi connectivity index (χ3n) is 4.08. The zero-order chi connectivity index (χ0) is 18.0. The first-order chi connectivity index (χ1) is 12.0. The van der Waals surface area contributed by atoms with Gasteiger partial charge in [-0.2, -0.15) is 5.10 Å². The molecule has 1 amide bonds. The molecule has 0 saturated carbocycles. The van der Waals surface area contributed by atoms with Crippen LogP contribution in [0.2, 0.25) is 0 Å². The highest BCUT2D eigenvalue weighted by Crippen LogP contribution is 2.20. The van der Waals surface area contributed by atoms with Gasteiger partial charge in [-0.1, -0.05) is 44.2 Å². The number of amides is 1. The second-order valence-corrected chi connectivity index (χ2v) is 6.24. The standard InChI is InChI=1S/C19H21N5O/c1-13(2)16-12-17(24(4)22-16)19(25)23(3)18-11-10-15(20-21-18)14-8-6-5-7-9-14/h5-13H,1-4H3. The summed E-state index contributed by atoms with van der Waals surface area (Å²) in [5, 5.41) is 12.8. The second kappa shape index (κ2) is 6.84. The Bertz CT molecular complexity index is 869. The molecule has 0 atom stereocenters. The van der Waals surface area contributed by atoms with Crippen molar-refractivity contribution in [2.45, 2.75) is 19.8 Å². The van der Waals surface area contributed by atoms with Crippen LogP contribution < -0.4 is 4.90 Å². The van der Waals surface area contributed by atoms with E-state index in [-0.39, 0.29) is 11.8 Å². The van der Waals surface area contributed by atoms with E-state index < -0.39 is 0 Å². The Balaban J connectivity index is 1.83. The fraction of sp³-hybridized carbons (Fsp3) is 0.263. The van der Waals surface area contributed by atoms with Gasteiger partial charge in [-0.25, -0.2) is 0 Å². The molecule has 0 fully saturated rings. The smallest absolute Gasteiger partial charge is 0.277 e. The van der Waals surface area contributed by atoms with Gasteiger partial charge in [0.25, 0.3) is 5.91 Å². The Hall–Kier alpha value is -3.02. The largest absolute Gasteiger partial charge is 0.293 e. The maximum atomic E-state index is 12.8. The number of anilines is 1. The van der Waals surface area contributed by atoms with Gasteiger partial charge in [-0.15, -0.1) is 10.2 Å². The molecule has 2 heterocycles. The van der Waals surface area contributed by atoms with Crippen LogP contribution in [0.3, 0.4) is 0 Å². The number of benzene rings is 1. The van der Waals surface area contributed by atoms with Crippen LogP contribution in [-0.2, 0) is 7.05 Å². The van der Waals surface area contributed by atoms with Crippen LogP contribution in [0.4, 0.5) is 5.82 Å². The molecule has 0 aliphatic rings. The van der Waals surface area contributed by atoms with Gasteiger partial charge >= 0.3 is 0 Å². The van der Waals surface area contributed by atoms with Crippen LogP contribution in [0.1, 0.15) is 35.9 Å². The molecule has 6 nitrogen and oxygen atoms in total. The quantitative estimate of drug-likeness (QED) is 0.734. The van der Waals surface area contributed by atoms with Crippen molar-refractivity contribution in [2.75, 3.05) is 11.9 Å². The lowest BCUT2D eigenvalue weighted by molar-refractivity contribution is 0.0983.